The van der Waals surface area contributed by atoms with Gasteiger partial charge in [0.1, 0.15) is 0 Å². The molecule has 9 heteroatoms. The van der Waals surface area contributed by atoms with Crippen LogP contribution in [0.25, 0.3) is 0 Å². The fraction of sp³-hybridized carbons (Fsp3) is 0.524. The highest BCUT2D eigenvalue weighted by molar-refractivity contribution is 7.88. The van der Waals surface area contributed by atoms with E-state index in [-0.39, 0.29) is 5.75 Å². The second-order valence-electron chi connectivity index (χ2n) is 7.74. The quantitative estimate of drug-likeness (QED) is 0.516. The molecule has 2 unspecified atom stereocenters. The van der Waals surface area contributed by atoms with Crippen LogP contribution in [0.2, 0.25) is 0 Å². The lowest BCUT2D eigenvalue weighted by atomic mass is 9.93. The summed E-state index contributed by atoms with van der Waals surface area (Å²) in [6.45, 7) is 7.59. The maximum atomic E-state index is 11.7. The van der Waals surface area contributed by atoms with Gasteiger partial charge in [-0.2, -0.15) is 0 Å². The summed E-state index contributed by atoms with van der Waals surface area (Å²) in [4.78, 5) is 11.4. The molecule has 2 atom stereocenters. The third kappa shape index (κ3) is 5.82. The summed E-state index contributed by atoms with van der Waals surface area (Å²) in [5, 5.41) is 3.42. The first-order valence-electron chi connectivity index (χ1n) is 10.4. The Morgan fingerprint density at radius 1 is 1.27 bits per heavy atom. The minimum absolute atomic E-state index is 0.0166. The molecule has 3 rings (SSSR count). The van der Waals surface area contributed by atoms with E-state index in [1.807, 2.05) is 43.0 Å². The Kier molecular flexibility index (Phi) is 7.49. The number of hydrogen-bond donors (Lipinski definition) is 2. The molecule has 1 aromatic carbocycles. The first-order chi connectivity index (χ1) is 14.4. The van der Waals surface area contributed by atoms with Crippen molar-refractivity contribution in [2.75, 3.05) is 26.7 Å². The fourth-order valence-electron chi connectivity index (χ4n) is 3.72. The van der Waals surface area contributed by atoms with Crippen molar-refractivity contribution in [2.24, 2.45) is 10.9 Å². The van der Waals surface area contributed by atoms with Crippen LogP contribution in [0.15, 0.2) is 48.0 Å². The van der Waals surface area contributed by atoms with Gasteiger partial charge in [0.05, 0.1) is 24.7 Å². The number of sulfonamides is 1. The molecule has 0 amide bonds. The average Bonchev–Trinajstić information content (AvgIpc) is 3.27. The van der Waals surface area contributed by atoms with E-state index in [9.17, 15) is 8.42 Å². The summed E-state index contributed by atoms with van der Waals surface area (Å²) >= 11 is 0. The zero-order valence-corrected chi connectivity index (χ0v) is 18.8. The second kappa shape index (κ2) is 10.1. The Balaban J connectivity index is 1.68. The Morgan fingerprint density at radius 2 is 2.00 bits per heavy atom. The zero-order valence-electron chi connectivity index (χ0n) is 18.0. The van der Waals surface area contributed by atoms with Crippen LogP contribution in [0.1, 0.15) is 37.4 Å². The van der Waals surface area contributed by atoms with E-state index in [2.05, 4.69) is 38.3 Å². The number of guanidine groups is 1. The molecule has 1 aromatic heterocycles. The number of likely N-dealkylation sites (tertiary alicyclic amines) is 1. The lowest BCUT2D eigenvalue weighted by Crippen LogP contribution is -2.49. The van der Waals surface area contributed by atoms with E-state index in [0.717, 1.165) is 43.1 Å². The molecule has 1 aliphatic rings. The summed E-state index contributed by atoms with van der Waals surface area (Å²) < 4.78 is 27.9. The van der Waals surface area contributed by atoms with Crippen LogP contribution >= 0.6 is 0 Å². The Labute approximate surface area is 179 Å². The van der Waals surface area contributed by atoms with Crippen LogP contribution in [0, 0.1) is 5.92 Å². The van der Waals surface area contributed by atoms with Gasteiger partial charge in [0.15, 0.2) is 5.96 Å². The van der Waals surface area contributed by atoms with Gasteiger partial charge in [-0.05, 0) is 37.4 Å². The van der Waals surface area contributed by atoms with Crippen LogP contribution in [0.3, 0.4) is 0 Å². The van der Waals surface area contributed by atoms with Crippen LogP contribution in [-0.4, -0.2) is 55.5 Å². The van der Waals surface area contributed by atoms with Crippen LogP contribution < -0.4 is 10.0 Å². The van der Waals surface area contributed by atoms with Crippen molar-refractivity contribution in [1.29, 1.82) is 0 Å². The average molecular weight is 433 g/mol. The van der Waals surface area contributed by atoms with Crippen molar-refractivity contribution in [3.8, 4) is 0 Å². The molecule has 2 aromatic rings. The highest BCUT2D eigenvalue weighted by Gasteiger charge is 2.28. The molecular weight excluding hydrogens is 400 g/mol. The number of rotatable bonds is 7. The van der Waals surface area contributed by atoms with Gasteiger partial charge in [0.2, 0.25) is 10.0 Å². The summed E-state index contributed by atoms with van der Waals surface area (Å²) in [7, 11) is -1.83. The smallest absolute Gasteiger partial charge is 0.215 e. The summed E-state index contributed by atoms with van der Waals surface area (Å²) in [6.07, 6.45) is 6.85. The van der Waals surface area contributed by atoms with Gasteiger partial charge in [0.25, 0.3) is 0 Å². The van der Waals surface area contributed by atoms with E-state index >= 15 is 0 Å². The lowest BCUT2D eigenvalue weighted by molar-refractivity contribution is 0.189. The highest BCUT2D eigenvalue weighted by atomic mass is 32.2. The minimum atomic E-state index is -3.26. The topological polar surface area (TPSA) is 91.6 Å². The SMILES string of the molecule is CCNC(=NCc1ccc(CS(=O)(=O)NC)cc1)N1CCC(C)C(n2ccnc2)C1. The van der Waals surface area contributed by atoms with E-state index in [1.54, 1.807) is 0 Å². The molecule has 164 valence electrons. The highest BCUT2D eigenvalue weighted by Crippen LogP contribution is 2.27. The van der Waals surface area contributed by atoms with Gasteiger partial charge in [-0.15, -0.1) is 0 Å². The molecule has 1 aliphatic heterocycles. The number of imidazole rings is 1. The van der Waals surface area contributed by atoms with Crippen molar-refractivity contribution < 1.29 is 8.42 Å². The van der Waals surface area contributed by atoms with Gasteiger partial charge in [-0.1, -0.05) is 31.2 Å². The molecule has 0 bridgehead atoms. The summed E-state index contributed by atoms with van der Waals surface area (Å²) in [5.74, 6) is 1.48. The summed E-state index contributed by atoms with van der Waals surface area (Å²) in [6, 6.07) is 7.97. The lowest BCUT2D eigenvalue weighted by Gasteiger charge is -2.39. The van der Waals surface area contributed by atoms with Crippen molar-refractivity contribution in [1.82, 2.24) is 24.5 Å². The summed E-state index contributed by atoms with van der Waals surface area (Å²) in [5.41, 5.74) is 1.81. The molecule has 2 N–H and O–H groups in total. The largest absolute Gasteiger partial charge is 0.357 e. The number of nitrogens with one attached hydrogen (secondary N) is 2. The van der Waals surface area contributed by atoms with Gasteiger partial charge in [-0.3, -0.25) is 0 Å². The van der Waals surface area contributed by atoms with Gasteiger partial charge in [0, 0.05) is 32.0 Å². The van der Waals surface area contributed by atoms with Gasteiger partial charge < -0.3 is 14.8 Å². The minimum Gasteiger partial charge on any atom is -0.357 e. The molecular formula is C21H32N6O2S. The number of hydrogen-bond acceptors (Lipinski definition) is 4. The first kappa shape index (κ1) is 22.3. The normalized spacial score (nSPS) is 20.4. The number of nitrogens with zero attached hydrogens (tertiary/aromatic N) is 4. The second-order valence-corrected chi connectivity index (χ2v) is 9.67. The van der Waals surface area contributed by atoms with Crippen molar-refractivity contribution >= 4 is 16.0 Å². The van der Waals surface area contributed by atoms with Crippen molar-refractivity contribution in [3.63, 3.8) is 0 Å². The number of aliphatic imine (C=N–C) groups is 1. The van der Waals surface area contributed by atoms with Crippen molar-refractivity contribution in [3.05, 3.63) is 54.1 Å². The third-order valence-electron chi connectivity index (χ3n) is 5.56. The van der Waals surface area contributed by atoms with E-state index < -0.39 is 10.0 Å². The van der Waals surface area contributed by atoms with Gasteiger partial charge >= 0.3 is 0 Å². The molecule has 0 radical (unpaired) electrons. The van der Waals surface area contributed by atoms with E-state index in [0.29, 0.717) is 18.5 Å². The molecule has 0 aliphatic carbocycles. The third-order valence-corrected chi connectivity index (χ3v) is 6.90. The number of aromatic nitrogens is 2. The van der Waals surface area contributed by atoms with Gasteiger partial charge in [-0.25, -0.2) is 23.1 Å². The Hall–Kier alpha value is -2.39. The standard InChI is InChI=1S/C21H32N6O2S/c1-4-24-21(26-11-9-17(2)20(14-26)27-12-10-23-16-27)25-13-18-5-7-19(8-6-18)15-30(28,29)22-3/h5-8,10,12,16-17,20,22H,4,9,11,13-15H2,1-3H3,(H,24,25). The monoisotopic (exact) mass is 432 g/mol. The zero-order chi connectivity index (χ0) is 21.6. The molecule has 1 saturated heterocycles. The fourth-order valence-corrected chi connectivity index (χ4v) is 4.50. The van der Waals surface area contributed by atoms with E-state index in [4.69, 9.17) is 4.99 Å². The molecule has 0 saturated carbocycles. The molecule has 1 fully saturated rings. The molecule has 8 nitrogen and oxygen atoms in total. The van der Waals surface area contributed by atoms with Crippen LogP contribution in [0.4, 0.5) is 0 Å². The Bertz CT molecular complexity index is 925. The number of benzene rings is 1. The molecule has 0 spiro atoms. The molecule has 2 heterocycles. The predicted octanol–water partition coefficient (Wildman–Crippen LogP) is 1.98. The molecule has 30 heavy (non-hydrogen) atoms. The maximum absolute atomic E-state index is 11.7. The van der Waals surface area contributed by atoms with Crippen LogP contribution in [0.5, 0.6) is 0 Å². The first-order valence-corrected chi connectivity index (χ1v) is 12.1. The predicted molar refractivity (Wildman–Crippen MR) is 120 cm³/mol. The van der Waals surface area contributed by atoms with Crippen molar-refractivity contribution in [2.45, 2.75) is 38.6 Å². The van der Waals surface area contributed by atoms with Crippen LogP contribution in [-0.2, 0) is 22.3 Å². The van der Waals surface area contributed by atoms with E-state index in [1.165, 1.54) is 7.05 Å². The number of piperidine rings is 1. The maximum Gasteiger partial charge on any atom is 0.215 e. The Morgan fingerprint density at radius 3 is 2.63 bits per heavy atom.